The van der Waals surface area contributed by atoms with Crippen molar-refractivity contribution < 1.29 is 4.79 Å². The molecule has 1 aliphatic heterocycles. The Hall–Kier alpha value is -1.12. The molecule has 3 nitrogen and oxygen atoms in total. The largest absolute Gasteiger partial charge is 0.328 e. The lowest BCUT2D eigenvalue weighted by molar-refractivity contribution is -0.116. The van der Waals surface area contributed by atoms with Crippen LogP contribution in [0.5, 0.6) is 0 Å². The molecule has 1 amide bonds. The molecule has 0 fully saturated rings. The quantitative estimate of drug-likeness (QED) is 0.506. The number of rotatable bonds is 1. The van der Waals surface area contributed by atoms with Gasteiger partial charge in [-0.15, -0.1) is 0 Å². The highest BCUT2D eigenvalue weighted by atomic mass is 16.2. The van der Waals surface area contributed by atoms with E-state index < -0.39 is 0 Å². The Morgan fingerprint density at radius 2 is 2.56 bits per heavy atom. The van der Waals surface area contributed by atoms with Crippen LogP contribution < -0.4 is 0 Å². The fourth-order valence-corrected chi connectivity index (χ4v) is 0.737. The number of nitrogens with zero attached hydrogens (tertiary/aromatic N) is 2. The van der Waals surface area contributed by atoms with Crippen LogP contribution in [0.4, 0.5) is 0 Å². The standard InChI is InChI=1S/C6H8N2O/c1-3-8-4-6(9)7-5(8)2/h3H,1,4H2,2H3. The van der Waals surface area contributed by atoms with Crippen LogP contribution in [0, 0.1) is 0 Å². The summed E-state index contributed by atoms with van der Waals surface area (Å²) in [7, 11) is 0. The summed E-state index contributed by atoms with van der Waals surface area (Å²) in [6, 6.07) is 0. The van der Waals surface area contributed by atoms with E-state index in [4.69, 9.17) is 0 Å². The zero-order valence-corrected chi connectivity index (χ0v) is 5.29. The summed E-state index contributed by atoms with van der Waals surface area (Å²) in [5.74, 6) is 0.641. The van der Waals surface area contributed by atoms with Gasteiger partial charge in [0.05, 0.1) is 0 Å². The summed E-state index contributed by atoms with van der Waals surface area (Å²) >= 11 is 0. The van der Waals surface area contributed by atoms with Gasteiger partial charge in [0.15, 0.2) is 0 Å². The van der Waals surface area contributed by atoms with E-state index in [1.807, 2.05) is 0 Å². The van der Waals surface area contributed by atoms with Gasteiger partial charge in [-0.25, -0.2) is 0 Å². The van der Waals surface area contributed by atoms with Gasteiger partial charge in [-0.1, -0.05) is 6.58 Å². The average Bonchev–Trinajstić information content (AvgIpc) is 2.10. The minimum absolute atomic E-state index is 0.0904. The molecule has 0 saturated carbocycles. The number of aliphatic imine (C=N–C) groups is 1. The second-order valence-electron chi connectivity index (χ2n) is 1.86. The van der Waals surface area contributed by atoms with Gasteiger partial charge >= 0.3 is 0 Å². The molecule has 0 aromatic heterocycles. The van der Waals surface area contributed by atoms with E-state index in [0.29, 0.717) is 6.54 Å². The maximum Gasteiger partial charge on any atom is 0.267 e. The number of amides is 1. The van der Waals surface area contributed by atoms with Crippen molar-refractivity contribution in [2.75, 3.05) is 6.54 Å². The zero-order chi connectivity index (χ0) is 6.85. The normalized spacial score (nSPS) is 18.1. The molecule has 0 aromatic rings. The first kappa shape index (κ1) is 6.01. The van der Waals surface area contributed by atoms with Crippen molar-refractivity contribution in [1.82, 2.24) is 4.90 Å². The number of hydrogen-bond acceptors (Lipinski definition) is 2. The SMILES string of the molecule is C=CN1CC(=O)N=C1C. The van der Waals surface area contributed by atoms with E-state index in [1.54, 1.807) is 18.0 Å². The Bertz CT molecular complexity index is 183. The summed E-state index contributed by atoms with van der Waals surface area (Å²) in [4.78, 5) is 15.9. The van der Waals surface area contributed by atoms with Crippen LogP contribution in [0.25, 0.3) is 0 Å². The third-order valence-corrected chi connectivity index (χ3v) is 1.23. The van der Waals surface area contributed by atoms with Crippen LogP contribution >= 0.6 is 0 Å². The van der Waals surface area contributed by atoms with Gasteiger partial charge in [0.25, 0.3) is 5.91 Å². The molecular formula is C6H8N2O. The second kappa shape index (κ2) is 2.01. The van der Waals surface area contributed by atoms with E-state index in [2.05, 4.69) is 11.6 Å². The number of hydrogen-bond donors (Lipinski definition) is 0. The Balaban J connectivity index is 2.75. The average molecular weight is 124 g/mol. The van der Waals surface area contributed by atoms with E-state index in [0.717, 1.165) is 5.84 Å². The molecule has 0 unspecified atom stereocenters. The van der Waals surface area contributed by atoms with Crippen LogP contribution in [-0.4, -0.2) is 23.2 Å². The van der Waals surface area contributed by atoms with Gasteiger partial charge in [-0.3, -0.25) is 4.79 Å². The van der Waals surface area contributed by atoms with Crippen molar-refractivity contribution in [2.45, 2.75) is 6.92 Å². The van der Waals surface area contributed by atoms with E-state index in [1.165, 1.54) is 0 Å². The monoisotopic (exact) mass is 124 g/mol. The highest BCUT2D eigenvalue weighted by molar-refractivity contribution is 6.01. The van der Waals surface area contributed by atoms with Crippen molar-refractivity contribution in [3.63, 3.8) is 0 Å². The lowest BCUT2D eigenvalue weighted by atomic mass is 10.5. The van der Waals surface area contributed by atoms with Crippen molar-refractivity contribution in [3.05, 3.63) is 12.8 Å². The predicted molar refractivity (Wildman–Crippen MR) is 35.0 cm³/mol. The van der Waals surface area contributed by atoms with Gasteiger partial charge in [0.2, 0.25) is 0 Å². The summed E-state index contributed by atoms with van der Waals surface area (Å²) in [5.41, 5.74) is 0. The van der Waals surface area contributed by atoms with Crippen LogP contribution in [0.1, 0.15) is 6.92 Å². The Morgan fingerprint density at radius 3 is 2.78 bits per heavy atom. The number of carbonyl (C=O) groups excluding carboxylic acids is 1. The molecule has 48 valence electrons. The van der Waals surface area contributed by atoms with Crippen molar-refractivity contribution in [1.29, 1.82) is 0 Å². The van der Waals surface area contributed by atoms with E-state index in [-0.39, 0.29) is 5.91 Å². The molecule has 0 saturated heterocycles. The van der Waals surface area contributed by atoms with Crippen LogP contribution in [-0.2, 0) is 4.79 Å². The highest BCUT2D eigenvalue weighted by Gasteiger charge is 2.15. The molecule has 0 spiro atoms. The third kappa shape index (κ3) is 0.988. The molecule has 9 heavy (non-hydrogen) atoms. The molecule has 1 aliphatic rings. The topological polar surface area (TPSA) is 32.7 Å². The fraction of sp³-hybridized carbons (Fsp3) is 0.333. The Kier molecular flexibility index (Phi) is 1.34. The first-order valence-corrected chi connectivity index (χ1v) is 2.71. The van der Waals surface area contributed by atoms with Crippen molar-refractivity contribution in [3.8, 4) is 0 Å². The van der Waals surface area contributed by atoms with Gasteiger partial charge in [-0.05, 0) is 13.1 Å². The van der Waals surface area contributed by atoms with Gasteiger partial charge in [-0.2, -0.15) is 4.99 Å². The van der Waals surface area contributed by atoms with Gasteiger partial charge in [0.1, 0.15) is 12.4 Å². The molecule has 0 atom stereocenters. The smallest absolute Gasteiger partial charge is 0.267 e. The first-order chi connectivity index (χ1) is 4.24. The maximum absolute atomic E-state index is 10.5. The zero-order valence-electron chi connectivity index (χ0n) is 5.29. The minimum atomic E-state index is -0.0904. The maximum atomic E-state index is 10.5. The molecule has 0 radical (unpaired) electrons. The molecule has 0 aliphatic carbocycles. The summed E-state index contributed by atoms with van der Waals surface area (Å²) < 4.78 is 0. The first-order valence-electron chi connectivity index (χ1n) is 2.71. The third-order valence-electron chi connectivity index (χ3n) is 1.23. The molecule has 0 bridgehead atoms. The van der Waals surface area contributed by atoms with E-state index in [9.17, 15) is 4.79 Å². The van der Waals surface area contributed by atoms with Crippen molar-refractivity contribution in [2.24, 2.45) is 4.99 Å². The summed E-state index contributed by atoms with van der Waals surface area (Å²) in [6.45, 7) is 5.66. The van der Waals surface area contributed by atoms with Crippen LogP contribution in [0.15, 0.2) is 17.8 Å². The van der Waals surface area contributed by atoms with Gasteiger partial charge in [0, 0.05) is 0 Å². The van der Waals surface area contributed by atoms with Crippen LogP contribution in [0.3, 0.4) is 0 Å². The molecule has 3 heteroatoms. The Morgan fingerprint density at radius 1 is 1.89 bits per heavy atom. The molecular weight excluding hydrogens is 116 g/mol. The molecule has 0 aromatic carbocycles. The lowest BCUT2D eigenvalue weighted by Gasteiger charge is -2.07. The lowest BCUT2D eigenvalue weighted by Crippen LogP contribution is -2.19. The Labute approximate surface area is 53.7 Å². The minimum Gasteiger partial charge on any atom is -0.328 e. The van der Waals surface area contributed by atoms with Crippen molar-refractivity contribution >= 4 is 11.7 Å². The molecule has 0 N–H and O–H groups in total. The molecule has 1 rings (SSSR count). The highest BCUT2D eigenvalue weighted by Crippen LogP contribution is 2.01. The molecule has 1 heterocycles. The summed E-state index contributed by atoms with van der Waals surface area (Å²) in [6.07, 6.45) is 1.60. The van der Waals surface area contributed by atoms with E-state index >= 15 is 0 Å². The van der Waals surface area contributed by atoms with Gasteiger partial charge < -0.3 is 4.90 Å². The second-order valence-corrected chi connectivity index (χ2v) is 1.86. The number of carbonyl (C=O) groups is 1. The fourth-order valence-electron chi connectivity index (χ4n) is 0.737. The van der Waals surface area contributed by atoms with Crippen LogP contribution in [0.2, 0.25) is 0 Å². The summed E-state index contributed by atoms with van der Waals surface area (Å²) in [5, 5.41) is 0. The number of amidine groups is 1. The predicted octanol–water partition coefficient (Wildman–Crippen LogP) is 0.390.